The summed E-state index contributed by atoms with van der Waals surface area (Å²) in [7, 11) is 0. The lowest BCUT2D eigenvalue weighted by atomic mass is 9.84. The third-order valence-corrected chi connectivity index (χ3v) is 2.49. The Morgan fingerprint density at radius 1 is 1.29 bits per heavy atom. The van der Waals surface area contributed by atoms with Gasteiger partial charge in [0.25, 0.3) is 0 Å². The van der Waals surface area contributed by atoms with E-state index < -0.39 is 10.5 Å². The smallest absolute Gasteiger partial charge is 0.195 e. The quantitative estimate of drug-likeness (QED) is 0.601. The van der Waals surface area contributed by atoms with Gasteiger partial charge in [-0.3, -0.25) is 0 Å². The molecular formula is C11H12ClNO. The second-order valence-corrected chi connectivity index (χ2v) is 4.61. The number of halogens is 1. The Bertz CT molecular complexity index is 350. The van der Waals surface area contributed by atoms with E-state index in [4.69, 9.17) is 16.9 Å². The van der Waals surface area contributed by atoms with Gasteiger partial charge >= 0.3 is 0 Å². The van der Waals surface area contributed by atoms with Crippen LogP contribution in [0, 0.1) is 11.3 Å². The van der Waals surface area contributed by atoms with Gasteiger partial charge in [-0.25, -0.2) is 0 Å². The predicted octanol–water partition coefficient (Wildman–Crippen LogP) is 2.42. The first kappa shape index (κ1) is 11.0. The highest BCUT2D eigenvalue weighted by Gasteiger charge is 2.44. The van der Waals surface area contributed by atoms with Gasteiger partial charge in [0.15, 0.2) is 5.60 Å². The molecule has 1 N–H and O–H groups in total. The monoisotopic (exact) mass is 209 g/mol. The van der Waals surface area contributed by atoms with Crippen LogP contribution in [0.1, 0.15) is 19.4 Å². The van der Waals surface area contributed by atoms with Crippen molar-refractivity contribution in [2.24, 2.45) is 0 Å². The first-order valence-corrected chi connectivity index (χ1v) is 4.67. The summed E-state index contributed by atoms with van der Waals surface area (Å²) in [6.07, 6.45) is 0. The molecule has 0 unspecified atom stereocenters. The summed E-state index contributed by atoms with van der Waals surface area (Å²) < 4.78 is 0. The highest BCUT2D eigenvalue weighted by atomic mass is 35.5. The van der Waals surface area contributed by atoms with Crippen LogP contribution in [-0.2, 0) is 5.60 Å². The largest absolute Gasteiger partial charge is 0.370 e. The van der Waals surface area contributed by atoms with Gasteiger partial charge in [0, 0.05) is 0 Å². The van der Waals surface area contributed by atoms with Crippen molar-refractivity contribution in [2.45, 2.75) is 24.3 Å². The van der Waals surface area contributed by atoms with Crippen LogP contribution >= 0.6 is 11.6 Å². The van der Waals surface area contributed by atoms with E-state index in [0.29, 0.717) is 5.56 Å². The number of benzene rings is 1. The molecule has 1 aromatic rings. The predicted molar refractivity (Wildman–Crippen MR) is 55.9 cm³/mol. The molecule has 3 heteroatoms. The number of nitriles is 1. The highest BCUT2D eigenvalue weighted by molar-refractivity contribution is 6.24. The van der Waals surface area contributed by atoms with E-state index in [0.717, 1.165) is 0 Å². The lowest BCUT2D eigenvalue weighted by Gasteiger charge is -2.32. The number of rotatable bonds is 2. The minimum atomic E-state index is -1.66. The number of nitrogens with zero attached hydrogens (tertiary/aromatic N) is 1. The fraction of sp³-hybridized carbons (Fsp3) is 0.364. The third-order valence-electron chi connectivity index (χ3n) is 2.21. The van der Waals surface area contributed by atoms with Crippen molar-refractivity contribution in [1.82, 2.24) is 0 Å². The van der Waals surface area contributed by atoms with Gasteiger partial charge in [-0.15, -0.1) is 11.6 Å². The molecule has 0 spiro atoms. The molecular weight excluding hydrogens is 198 g/mol. The maximum absolute atomic E-state index is 10.1. The van der Waals surface area contributed by atoms with Gasteiger partial charge in [0.2, 0.25) is 0 Å². The van der Waals surface area contributed by atoms with E-state index in [2.05, 4.69) is 0 Å². The first-order chi connectivity index (χ1) is 6.42. The van der Waals surface area contributed by atoms with Crippen LogP contribution in [0.2, 0.25) is 0 Å². The molecule has 74 valence electrons. The van der Waals surface area contributed by atoms with Crippen molar-refractivity contribution in [3.63, 3.8) is 0 Å². The molecule has 1 aromatic carbocycles. The molecule has 0 aliphatic heterocycles. The van der Waals surface area contributed by atoms with Crippen molar-refractivity contribution < 1.29 is 5.11 Å². The van der Waals surface area contributed by atoms with Crippen LogP contribution in [0.4, 0.5) is 0 Å². The summed E-state index contributed by atoms with van der Waals surface area (Å²) in [5.74, 6) is 0. The normalized spacial score (nSPS) is 15.6. The lowest BCUT2D eigenvalue weighted by Crippen LogP contribution is -2.42. The van der Waals surface area contributed by atoms with E-state index in [1.165, 1.54) is 0 Å². The van der Waals surface area contributed by atoms with E-state index >= 15 is 0 Å². The summed E-state index contributed by atoms with van der Waals surface area (Å²) in [6.45, 7) is 3.23. The summed E-state index contributed by atoms with van der Waals surface area (Å²) >= 11 is 6.00. The van der Waals surface area contributed by atoms with Crippen molar-refractivity contribution in [3.05, 3.63) is 35.9 Å². The maximum Gasteiger partial charge on any atom is 0.195 e. The second-order valence-electron chi connectivity index (χ2n) is 3.66. The average Bonchev–Trinajstić information content (AvgIpc) is 2.16. The molecule has 1 atom stereocenters. The van der Waals surface area contributed by atoms with Crippen molar-refractivity contribution in [1.29, 1.82) is 5.26 Å². The second kappa shape index (κ2) is 3.61. The Balaban J connectivity index is 3.25. The zero-order valence-corrected chi connectivity index (χ0v) is 8.92. The lowest BCUT2D eigenvalue weighted by molar-refractivity contribution is 0.0620. The first-order valence-electron chi connectivity index (χ1n) is 4.30. The summed E-state index contributed by atoms with van der Waals surface area (Å²) in [5, 5.41) is 19.1. The zero-order valence-electron chi connectivity index (χ0n) is 8.16. The number of hydrogen-bond acceptors (Lipinski definition) is 2. The topological polar surface area (TPSA) is 44.0 Å². The van der Waals surface area contributed by atoms with Crippen LogP contribution in [-0.4, -0.2) is 9.98 Å². The SMILES string of the molecule is CC(C)(Cl)[C@](O)(C#N)c1ccccc1. The molecule has 0 radical (unpaired) electrons. The van der Waals surface area contributed by atoms with Gasteiger partial charge < -0.3 is 5.11 Å². The van der Waals surface area contributed by atoms with Gasteiger partial charge in [0.05, 0.1) is 4.87 Å². The van der Waals surface area contributed by atoms with E-state index in [-0.39, 0.29) is 0 Å². The molecule has 0 bridgehead atoms. The van der Waals surface area contributed by atoms with Crippen molar-refractivity contribution >= 4 is 11.6 Å². The Hall–Kier alpha value is -1.04. The summed E-state index contributed by atoms with van der Waals surface area (Å²) in [4.78, 5) is -1.02. The van der Waals surface area contributed by atoms with Gasteiger partial charge in [-0.05, 0) is 19.4 Å². The number of hydrogen-bond donors (Lipinski definition) is 1. The maximum atomic E-state index is 10.1. The Morgan fingerprint density at radius 2 is 1.79 bits per heavy atom. The molecule has 14 heavy (non-hydrogen) atoms. The van der Waals surface area contributed by atoms with E-state index in [1.54, 1.807) is 38.1 Å². The minimum Gasteiger partial charge on any atom is -0.370 e. The fourth-order valence-electron chi connectivity index (χ4n) is 1.22. The van der Waals surface area contributed by atoms with Crippen molar-refractivity contribution in [3.8, 4) is 6.07 Å². The van der Waals surface area contributed by atoms with E-state index in [1.807, 2.05) is 12.1 Å². The van der Waals surface area contributed by atoms with Crippen LogP contribution in [0.5, 0.6) is 0 Å². The molecule has 0 aliphatic rings. The van der Waals surface area contributed by atoms with Gasteiger partial charge in [-0.2, -0.15) is 5.26 Å². The van der Waals surface area contributed by atoms with Crippen LogP contribution in [0.25, 0.3) is 0 Å². The molecule has 2 nitrogen and oxygen atoms in total. The third kappa shape index (κ3) is 1.75. The van der Waals surface area contributed by atoms with Crippen molar-refractivity contribution in [2.75, 3.05) is 0 Å². The van der Waals surface area contributed by atoms with Gasteiger partial charge in [-0.1, -0.05) is 30.3 Å². The molecule has 0 saturated heterocycles. The Morgan fingerprint density at radius 3 is 2.14 bits per heavy atom. The molecule has 0 aliphatic carbocycles. The molecule has 0 heterocycles. The van der Waals surface area contributed by atoms with Crippen LogP contribution < -0.4 is 0 Å². The summed E-state index contributed by atoms with van der Waals surface area (Å²) in [5.41, 5.74) is -1.14. The average molecular weight is 210 g/mol. The fourth-order valence-corrected chi connectivity index (χ4v) is 1.37. The molecule has 0 saturated carbocycles. The molecule has 1 rings (SSSR count). The molecule has 0 fully saturated rings. The minimum absolute atomic E-state index is 0.516. The van der Waals surface area contributed by atoms with Crippen LogP contribution in [0.3, 0.4) is 0 Å². The Kier molecular flexibility index (Phi) is 2.84. The van der Waals surface area contributed by atoms with Gasteiger partial charge in [0.1, 0.15) is 6.07 Å². The number of aliphatic hydroxyl groups is 1. The van der Waals surface area contributed by atoms with E-state index in [9.17, 15) is 5.11 Å². The Labute approximate surface area is 88.7 Å². The standard InChI is InChI=1S/C11H12ClNO/c1-10(2,12)11(14,8-13)9-6-4-3-5-7-9/h3-7,14H,1-2H3/t11-/m0/s1. The summed E-state index contributed by atoms with van der Waals surface area (Å²) in [6, 6.07) is 10.6. The van der Waals surface area contributed by atoms with Crippen LogP contribution in [0.15, 0.2) is 30.3 Å². The molecule has 0 amide bonds. The molecule has 0 aromatic heterocycles. The zero-order chi connectivity index (χ0) is 10.8. The number of alkyl halides is 1. The highest BCUT2D eigenvalue weighted by Crippen LogP contribution is 2.36.